The molecule has 0 fully saturated rings. The Bertz CT molecular complexity index is 769. The first-order valence-corrected chi connectivity index (χ1v) is 7.90. The molecule has 0 atom stereocenters. The minimum absolute atomic E-state index is 0.972. The van der Waals surface area contributed by atoms with Gasteiger partial charge in [0, 0.05) is 35.1 Å². The number of nitrogens with zero attached hydrogens (tertiary/aromatic N) is 1. The highest BCUT2D eigenvalue weighted by atomic mass is 15.0. The van der Waals surface area contributed by atoms with Gasteiger partial charge in [-0.15, -0.1) is 0 Å². The summed E-state index contributed by atoms with van der Waals surface area (Å²) in [6.45, 7) is 7.40. The Labute approximate surface area is 132 Å². The summed E-state index contributed by atoms with van der Waals surface area (Å²) in [6.07, 6.45) is 4.53. The van der Waals surface area contributed by atoms with Gasteiger partial charge in [0.2, 0.25) is 0 Å². The number of hydrogen-bond acceptors (Lipinski definition) is 1. The lowest BCUT2D eigenvalue weighted by Crippen LogP contribution is -2.12. The van der Waals surface area contributed by atoms with E-state index in [0.29, 0.717) is 0 Å². The maximum Gasteiger partial charge on any atom is 0.0535 e. The first-order valence-electron chi connectivity index (χ1n) is 7.90. The summed E-state index contributed by atoms with van der Waals surface area (Å²) in [4.78, 5) is 0. The predicted octanol–water partition coefficient (Wildman–Crippen LogP) is 4.99. The van der Waals surface area contributed by atoms with E-state index in [1.54, 1.807) is 0 Å². The summed E-state index contributed by atoms with van der Waals surface area (Å²) in [5.41, 5.74) is 4.56. The van der Waals surface area contributed by atoms with Gasteiger partial charge in [0.05, 0.1) is 5.52 Å². The lowest BCUT2D eigenvalue weighted by atomic mass is 10.1. The molecule has 0 saturated heterocycles. The average molecular weight is 290 g/mol. The van der Waals surface area contributed by atoms with E-state index in [1.807, 2.05) is 6.07 Å². The van der Waals surface area contributed by atoms with Gasteiger partial charge in [-0.2, -0.15) is 0 Å². The molecule has 0 spiro atoms. The Morgan fingerprint density at radius 3 is 2.55 bits per heavy atom. The smallest absolute Gasteiger partial charge is 0.0535 e. The monoisotopic (exact) mass is 290 g/mol. The molecular weight excluding hydrogens is 268 g/mol. The second-order valence-corrected chi connectivity index (χ2v) is 5.52. The van der Waals surface area contributed by atoms with Crippen molar-refractivity contribution in [2.75, 3.05) is 6.54 Å². The van der Waals surface area contributed by atoms with E-state index in [9.17, 15) is 0 Å². The molecule has 0 saturated carbocycles. The molecular formula is C20H22N2. The van der Waals surface area contributed by atoms with Crippen molar-refractivity contribution < 1.29 is 0 Å². The molecule has 22 heavy (non-hydrogen) atoms. The van der Waals surface area contributed by atoms with E-state index >= 15 is 0 Å². The Morgan fingerprint density at radius 1 is 1.05 bits per heavy atom. The van der Waals surface area contributed by atoms with Crippen LogP contribution in [0.15, 0.2) is 67.4 Å². The third-order valence-corrected chi connectivity index (χ3v) is 3.94. The fraction of sp³-hybridized carbons (Fsp3) is 0.200. The first kappa shape index (κ1) is 14.5. The van der Waals surface area contributed by atoms with E-state index < -0.39 is 0 Å². The number of benzene rings is 2. The number of hydrogen-bond donors (Lipinski definition) is 1. The summed E-state index contributed by atoms with van der Waals surface area (Å²) < 4.78 is 2.23. The van der Waals surface area contributed by atoms with Gasteiger partial charge in [0.25, 0.3) is 0 Å². The van der Waals surface area contributed by atoms with Crippen LogP contribution in [0.25, 0.3) is 22.3 Å². The van der Waals surface area contributed by atoms with Crippen molar-refractivity contribution in [3.8, 4) is 5.69 Å². The van der Waals surface area contributed by atoms with Crippen LogP contribution in [-0.2, 0) is 0 Å². The number of rotatable bonds is 6. The molecule has 3 rings (SSSR count). The van der Waals surface area contributed by atoms with Crippen molar-refractivity contribution in [2.45, 2.75) is 19.8 Å². The molecule has 2 nitrogen and oxygen atoms in total. The summed E-state index contributed by atoms with van der Waals surface area (Å²) in [7, 11) is 0. The van der Waals surface area contributed by atoms with Gasteiger partial charge in [-0.1, -0.05) is 56.3 Å². The van der Waals surface area contributed by atoms with E-state index in [1.165, 1.54) is 28.6 Å². The van der Waals surface area contributed by atoms with Crippen molar-refractivity contribution in [1.29, 1.82) is 0 Å². The standard InChI is InChI=1S/C20H22N2/c1-3-4-14-21-16(2)19-15-22(17-10-6-5-7-11-17)20-13-9-8-12-18(19)20/h5-13,15,21H,2-4,14H2,1H3. The van der Waals surface area contributed by atoms with Gasteiger partial charge in [0.1, 0.15) is 0 Å². The highest BCUT2D eigenvalue weighted by Crippen LogP contribution is 2.28. The number of fused-ring (bicyclic) bond motifs is 1. The molecule has 0 unspecified atom stereocenters. The number of aromatic nitrogens is 1. The fourth-order valence-corrected chi connectivity index (χ4v) is 2.73. The van der Waals surface area contributed by atoms with Gasteiger partial charge in [-0.3, -0.25) is 0 Å². The SMILES string of the molecule is C=C(NCCCC)c1cn(-c2ccccc2)c2ccccc12. The zero-order chi connectivity index (χ0) is 15.4. The Morgan fingerprint density at radius 2 is 1.77 bits per heavy atom. The zero-order valence-corrected chi connectivity index (χ0v) is 13.0. The second kappa shape index (κ2) is 6.52. The van der Waals surface area contributed by atoms with Crippen molar-refractivity contribution in [3.05, 3.63) is 72.9 Å². The molecule has 0 bridgehead atoms. The lowest BCUT2D eigenvalue weighted by molar-refractivity contribution is 0.745. The Balaban J connectivity index is 2.03. The van der Waals surface area contributed by atoms with Crippen LogP contribution in [0.2, 0.25) is 0 Å². The molecule has 0 aliphatic rings. The number of para-hydroxylation sites is 2. The third-order valence-electron chi connectivity index (χ3n) is 3.94. The van der Waals surface area contributed by atoms with E-state index in [-0.39, 0.29) is 0 Å². The van der Waals surface area contributed by atoms with E-state index in [4.69, 9.17) is 0 Å². The van der Waals surface area contributed by atoms with Gasteiger partial charge in [-0.05, 0) is 24.6 Å². The van der Waals surface area contributed by atoms with Crippen LogP contribution in [0.3, 0.4) is 0 Å². The van der Waals surface area contributed by atoms with Crippen molar-refractivity contribution in [3.63, 3.8) is 0 Å². The summed E-state index contributed by atoms with van der Waals surface area (Å²) in [6, 6.07) is 18.9. The van der Waals surface area contributed by atoms with Gasteiger partial charge >= 0.3 is 0 Å². The van der Waals surface area contributed by atoms with Crippen LogP contribution in [0.4, 0.5) is 0 Å². The maximum atomic E-state index is 4.23. The predicted molar refractivity (Wildman–Crippen MR) is 95.2 cm³/mol. The van der Waals surface area contributed by atoms with Gasteiger partial charge < -0.3 is 9.88 Å². The minimum Gasteiger partial charge on any atom is -0.385 e. The normalized spacial score (nSPS) is 10.8. The van der Waals surface area contributed by atoms with Crippen molar-refractivity contribution in [2.24, 2.45) is 0 Å². The zero-order valence-electron chi connectivity index (χ0n) is 13.0. The topological polar surface area (TPSA) is 17.0 Å². The molecule has 2 aromatic carbocycles. The van der Waals surface area contributed by atoms with Crippen LogP contribution in [-0.4, -0.2) is 11.1 Å². The molecule has 1 N–H and O–H groups in total. The maximum absolute atomic E-state index is 4.23. The van der Waals surface area contributed by atoms with E-state index in [2.05, 4.69) is 78.1 Å². The van der Waals surface area contributed by atoms with Crippen LogP contribution in [0.5, 0.6) is 0 Å². The highest BCUT2D eigenvalue weighted by Gasteiger charge is 2.11. The second-order valence-electron chi connectivity index (χ2n) is 5.52. The molecule has 0 radical (unpaired) electrons. The number of nitrogens with one attached hydrogen (secondary N) is 1. The lowest BCUT2D eigenvalue weighted by Gasteiger charge is -2.07. The summed E-state index contributed by atoms with van der Waals surface area (Å²) in [5.74, 6) is 0. The molecule has 0 amide bonds. The Kier molecular flexibility index (Phi) is 4.29. The van der Waals surface area contributed by atoms with Gasteiger partial charge in [0.15, 0.2) is 0 Å². The van der Waals surface area contributed by atoms with E-state index in [0.717, 1.165) is 18.7 Å². The minimum atomic E-state index is 0.972. The molecule has 1 heterocycles. The summed E-state index contributed by atoms with van der Waals surface area (Å²) >= 11 is 0. The van der Waals surface area contributed by atoms with Gasteiger partial charge in [-0.25, -0.2) is 0 Å². The Hall–Kier alpha value is -2.48. The average Bonchev–Trinajstić information content (AvgIpc) is 2.95. The summed E-state index contributed by atoms with van der Waals surface area (Å²) in [5, 5.41) is 4.69. The number of unbranched alkanes of at least 4 members (excludes halogenated alkanes) is 1. The fourth-order valence-electron chi connectivity index (χ4n) is 2.73. The largest absolute Gasteiger partial charge is 0.385 e. The molecule has 0 aliphatic heterocycles. The molecule has 3 aromatic rings. The quantitative estimate of drug-likeness (QED) is 0.633. The first-order chi connectivity index (χ1) is 10.8. The molecule has 2 heteroatoms. The molecule has 1 aromatic heterocycles. The molecule has 0 aliphatic carbocycles. The van der Waals surface area contributed by atoms with Crippen molar-refractivity contribution in [1.82, 2.24) is 9.88 Å². The molecule has 112 valence electrons. The third kappa shape index (κ3) is 2.77. The van der Waals surface area contributed by atoms with Crippen LogP contribution >= 0.6 is 0 Å². The van der Waals surface area contributed by atoms with Crippen LogP contribution in [0.1, 0.15) is 25.3 Å². The van der Waals surface area contributed by atoms with Crippen LogP contribution in [0, 0.1) is 0 Å². The van der Waals surface area contributed by atoms with Crippen molar-refractivity contribution >= 4 is 16.6 Å². The van der Waals surface area contributed by atoms with Crippen LogP contribution < -0.4 is 5.32 Å². The highest BCUT2D eigenvalue weighted by molar-refractivity contribution is 5.93.